The Balaban J connectivity index is 2.26. The van der Waals surface area contributed by atoms with Gasteiger partial charge in [0.25, 0.3) is 0 Å². The van der Waals surface area contributed by atoms with Crippen molar-refractivity contribution in [2.75, 3.05) is 13.2 Å². The molecule has 0 aromatic rings. The average Bonchev–Trinajstić information content (AvgIpc) is 2.69. The van der Waals surface area contributed by atoms with Gasteiger partial charge in [-0.3, -0.25) is 10.1 Å². The summed E-state index contributed by atoms with van der Waals surface area (Å²) in [5.74, 6) is -0.803. The van der Waals surface area contributed by atoms with Crippen molar-refractivity contribution in [3.63, 3.8) is 0 Å². The molecule has 0 saturated carbocycles. The first kappa shape index (κ1) is 12.4. The molecule has 1 unspecified atom stereocenters. The first-order valence-corrected chi connectivity index (χ1v) is 5.54. The highest BCUT2D eigenvalue weighted by Gasteiger charge is 2.23. The van der Waals surface area contributed by atoms with E-state index in [1.807, 2.05) is 0 Å². The predicted molar refractivity (Wildman–Crippen MR) is 56.4 cm³/mol. The molecule has 1 rings (SSSR count). The van der Waals surface area contributed by atoms with E-state index in [4.69, 9.17) is 15.6 Å². The van der Waals surface area contributed by atoms with Crippen LogP contribution in [0.4, 0.5) is 0 Å². The summed E-state index contributed by atoms with van der Waals surface area (Å²) in [5.41, 5.74) is 5.36. The van der Waals surface area contributed by atoms with Crippen LogP contribution in [0.2, 0.25) is 0 Å². The second-order valence-electron chi connectivity index (χ2n) is 3.84. The van der Waals surface area contributed by atoms with E-state index in [1.54, 1.807) is 0 Å². The van der Waals surface area contributed by atoms with Gasteiger partial charge in [-0.15, -0.1) is 0 Å². The summed E-state index contributed by atoms with van der Waals surface area (Å²) >= 11 is 0. The molecular formula is C10H20N2O3. The topological polar surface area (TPSA) is 84.6 Å². The number of rotatable bonds is 7. The van der Waals surface area contributed by atoms with E-state index in [0.29, 0.717) is 13.0 Å². The van der Waals surface area contributed by atoms with Crippen LogP contribution in [0, 0.1) is 0 Å². The zero-order valence-electron chi connectivity index (χ0n) is 8.95. The summed E-state index contributed by atoms with van der Waals surface area (Å²) in [7, 11) is 0. The summed E-state index contributed by atoms with van der Waals surface area (Å²) < 4.78 is 5.34. The lowest BCUT2D eigenvalue weighted by Crippen LogP contribution is -2.43. The lowest BCUT2D eigenvalue weighted by atomic mass is 10.1. The van der Waals surface area contributed by atoms with E-state index in [9.17, 15) is 4.79 Å². The molecule has 1 saturated heterocycles. The highest BCUT2D eigenvalue weighted by atomic mass is 16.5. The molecule has 0 bridgehead atoms. The molecule has 15 heavy (non-hydrogen) atoms. The van der Waals surface area contributed by atoms with Crippen molar-refractivity contribution in [1.29, 1.82) is 0 Å². The van der Waals surface area contributed by atoms with Crippen LogP contribution in [0.25, 0.3) is 0 Å². The highest BCUT2D eigenvalue weighted by molar-refractivity contribution is 5.73. The molecule has 5 heteroatoms. The Labute approximate surface area is 90.0 Å². The van der Waals surface area contributed by atoms with Crippen molar-refractivity contribution in [2.45, 2.75) is 44.4 Å². The minimum atomic E-state index is -0.803. The first-order valence-electron chi connectivity index (χ1n) is 5.54. The second kappa shape index (κ2) is 6.76. The Kier molecular flexibility index (Phi) is 5.60. The van der Waals surface area contributed by atoms with Crippen LogP contribution >= 0.6 is 0 Å². The number of carboxylic acids is 1. The number of carboxylic acid groups (broad SMARTS) is 1. The van der Waals surface area contributed by atoms with E-state index in [0.717, 1.165) is 32.3 Å². The normalized spacial score (nSPS) is 22.9. The SMILES string of the molecule is NCCCC[C@H](NC1CCCO1)C(=O)O. The molecule has 0 aliphatic carbocycles. The summed E-state index contributed by atoms with van der Waals surface area (Å²) in [6.07, 6.45) is 4.16. The van der Waals surface area contributed by atoms with Crippen LogP contribution in [-0.2, 0) is 9.53 Å². The van der Waals surface area contributed by atoms with Crippen molar-refractivity contribution < 1.29 is 14.6 Å². The predicted octanol–water partition coefficient (Wildman–Crippen LogP) is 0.295. The number of aliphatic carboxylic acids is 1. The smallest absolute Gasteiger partial charge is 0.320 e. The molecule has 0 spiro atoms. The van der Waals surface area contributed by atoms with Crippen LogP contribution in [0.15, 0.2) is 0 Å². The zero-order chi connectivity index (χ0) is 11.1. The van der Waals surface area contributed by atoms with Gasteiger partial charge in [0.2, 0.25) is 0 Å². The molecule has 0 aromatic carbocycles. The van der Waals surface area contributed by atoms with Gasteiger partial charge in [0, 0.05) is 6.61 Å². The number of carbonyl (C=O) groups is 1. The molecule has 1 heterocycles. The molecule has 0 aromatic heterocycles. The third-order valence-corrected chi connectivity index (χ3v) is 2.56. The van der Waals surface area contributed by atoms with Crippen LogP contribution in [0.5, 0.6) is 0 Å². The summed E-state index contributed by atoms with van der Waals surface area (Å²) in [6.45, 7) is 1.35. The van der Waals surface area contributed by atoms with Crippen molar-refractivity contribution in [3.8, 4) is 0 Å². The number of hydrogen-bond acceptors (Lipinski definition) is 4. The van der Waals surface area contributed by atoms with Crippen LogP contribution in [0.1, 0.15) is 32.1 Å². The standard InChI is InChI=1S/C10H20N2O3/c11-6-2-1-4-8(10(13)14)12-9-5-3-7-15-9/h8-9,12H,1-7,11H2,(H,13,14)/t8-,9?/m0/s1. The second-order valence-corrected chi connectivity index (χ2v) is 3.84. The number of nitrogens with two attached hydrogens (primary N) is 1. The Morgan fingerprint density at radius 3 is 2.93 bits per heavy atom. The minimum Gasteiger partial charge on any atom is -0.480 e. The fourth-order valence-electron chi connectivity index (χ4n) is 1.70. The first-order chi connectivity index (χ1) is 7.24. The quantitative estimate of drug-likeness (QED) is 0.533. The van der Waals surface area contributed by atoms with Crippen molar-refractivity contribution in [2.24, 2.45) is 5.73 Å². The van der Waals surface area contributed by atoms with E-state index in [2.05, 4.69) is 5.32 Å². The van der Waals surface area contributed by atoms with E-state index in [-0.39, 0.29) is 6.23 Å². The van der Waals surface area contributed by atoms with Crippen LogP contribution in [0.3, 0.4) is 0 Å². The Morgan fingerprint density at radius 1 is 1.60 bits per heavy atom. The fourth-order valence-corrected chi connectivity index (χ4v) is 1.70. The molecule has 1 aliphatic heterocycles. The number of unbranched alkanes of at least 4 members (excludes halogenated alkanes) is 1. The summed E-state index contributed by atoms with van der Waals surface area (Å²) in [6, 6.07) is -0.500. The lowest BCUT2D eigenvalue weighted by molar-refractivity contribution is -0.140. The Hall–Kier alpha value is -0.650. The van der Waals surface area contributed by atoms with Gasteiger partial charge in [-0.25, -0.2) is 0 Å². The fraction of sp³-hybridized carbons (Fsp3) is 0.900. The van der Waals surface area contributed by atoms with Gasteiger partial charge in [0.05, 0.1) is 0 Å². The van der Waals surface area contributed by atoms with Gasteiger partial charge in [-0.1, -0.05) is 6.42 Å². The Morgan fingerprint density at radius 2 is 2.40 bits per heavy atom. The van der Waals surface area contributed by atoms with E-state index in [1.165, 1.54) is 0 Å². The van der Waals surface area contributed by atoms with E-state index < -0.39 is 12.0 Å². The molecule has 1 aliphatic rings. The van der Waals surface area contributed by atoms with Gasteiger partial charge < -0.3 is 15.6 Å². The maximum atomic E-state index is 10.9. The largest absolute Gasteiger partial charge is 0.480 e. The average molecular weight is 216 g/mol. The van der Waals surface area contributed by atoms with Gasteiger partial charge in [-0.05, 0) is 32.2 Å². The zero-order valence-corrected chi connectivity index (χ0v) is 8.95. The molecule has 0 radical (unpaired) electrons. The van der Waals surface area contributed by atoms with Crippen molar-refractivity contribution >= 4 is 5.97 Å². The van der Waals surface area contributed by atoms with Gasteiger partial charge >= 0.3 is 5.97 Å². The van der Waals surface area contributed by atoms with Crippen LogP contribution < -0.4 is 11.1 Å². The maximum Gasteiger partial charge on any atom is 0.320 e. The number of nitrogens with one attached hydrogen (secondary N) is 1. The van der Waals surface area contributed by atoms with Gasteiger partial charge in [0.1, 0.15) is 12.3 Å². The molecule has 88 valence electrons. The Bertz CT molecular complexity index is 193. The highest BCUT2D eigenvalue weighted by Crippen LogP contribution is 2.11. The maximum absolute atomic E-state index is 10.9. The van der Waals surface area contributed by atoms with Crippen molar-refractivity contribution in [3.05, 3.63) is 0 Å². The lowest BCUT2D eigenvalue weighted by Gasteiger charge is -2.18. The molecule has 0 amide bonds. The number of hydrogen-bond donors (Lipinski definition) is 3. The third-order valence-electron chi connectivity index (χ3n) is 2.56. The minimum absolute atomic E-state index is 0.0797. The molecule has 1 fully saturated rings. The van der Waals surface area contributed by atoms with Gasteiger partial charge in [-0.2, -0.15) is 0 Å². The van der Waals surface area contributed by atoms with Crippen LogP contribution in [-0.4, -0.2) is 36.5 Å². The molecule has 4 N–H and O–H groups in total. The number of ether oxygens (including phenoxy) is 1. The van der Waals surface area contributed by atoms with E-state index >= 15 is 0 Å². The molecule has 2 atom stereocenters. The summed E-state index contributed by atoms with van der Waals surface area (Å²) in [5, 5.41) is 12.0. The van der Waals surface area contributed by atoms with Crippen molar-refractivity contribution in [1.82, 2.24) is 5.32 Å². The third kappa shape index (κ3) is 4.59. The van der Waals surface area contributed by atoms with Gasteiger partial charge in [0.15, 0.2) is 0 Å². The monoisotopic (exact) mass is 216 g/mol. The molecule has 5 nitrogen and oxygen atoms in total. The summed E-state index contributed by atoms with van der Waals surface area (Å²) in [4.78, 5) is 10.9. The molecular weight excluding hydrogens is 196 g/mol.